The van der Waals surface area contributed by atoms with Crippen LogP contribution in [-0.4, -0.2) is 58.9 Å². The van der Waals surface area contributed by atoms with E-state index in [-0.39, 0.29) is 29.4 Å². The van der Waals surface area contributed by atoms with Crippen molar-refractivity contribution < 1.29 is 31.9 Å². The number of fused-ring (bicyclic) bond motifs is 1. The maximum atomic E-state index is 13.4. The molecule has 2 aromatic carbocycles. The van der Waals surface area contributed by atoms with Crippen LogP contribution in [0, 0.1) is 18.7 Å². The molecule has 0 saturated carbocycles. The molecule has 0 unspecified atom stereocenters. The second kappa shape index (κ2) is 14.8. The lowest BCUT2D eigenvalue weighted by Gasteiger charge is -2.27. The lowest BCUT2D eigenvalue weighted by atomic mass is 10.0. The van der Waals surface area contributed by atoms with Gasteiger partial charge < -0.3 is 15.7 Å². The Balaban J connectivity index is 0.000000299. The molecular weight excluding hydrogens is 655 g/mol. The van der Waals surface area contributed by atoms with E-state index < -0.39 is 38.2 Å². The normalized spacial score (nSPS) is 13.3. The number of carbonyl (C=O) groups excluding carboxylic acids is 1. The SMILES string of the molecule is CC(C)[C@H](NC(=O)O)C(=O)N[C@H](C)c1nc2ccc(F)cc2s1.Cc1ccc(N(SC(F)(Cl)Cl)S(=O)(=O)N(C)C)cc1. The van der Waals surface area contributed by atoms with E-state index in [1.54, 1.807) is 51.1 Å². The monoisotopic (exact) mass is 685 g/mol. The molecule has 1 aromatic heterocycles. The van der Waals surface area contributed by atoms with E-state index in [2.05, 4.69) is 15.6 Å². The van der Waals surface area contributed by atoms with E-state index in [1.165, 1.54) is 37.6 Å². The van der Waals surface area contributed by atoms with Gasteiger partial charge in [-0.25, -0.2) is 14.2 Å². The number of halogens is 4. The number of thiazole rings is 1. The molecule has 2 atom stereocenters. The number of rotatable bonds is 10. The smallest absolute Gasteiger partial charge is 0.405 e. The Bertz CT molecular complexity index is 1490. The predicted octanol–water partition coefficient (Wildman–Crippen LogP) is 6.22. The van der Waals surface area contributed by atoms with Gasteiger partial charge in [0.2, 0.25) is 5.91 Å². The van der Waals surface area contributed by atoms with E-state index >= 15 is 0 Å². The third-order valence-electron chi connectivity index (χ3n) is 5.43. The first-order valence-corrected chi connectivity index (χ1v) is 16.0. The van der Waals surface area contributed by atoms with Crippen LogP contribution in [0.5, 0.6) is 0 Å². The third-order valence-corrected chi connectivity index (χ3v) is 9.97. The van der Waals surface area contributed by atoms with Gasteiger partial charge in [0, 0.05) is 26.0 Å². The number of carboxylic acid groups (broad SMARTS) is 1. The summed E-state index contributed by atoms with van der Waals surface area (Å²) in [6.07, 6.45) is -1.25. The molecule has 232 valence electrons. The number of hydrogen-bond donors (Lipinski definition) is 3. The van der Waals surface area contributed by atoms with Gasteiger partial charge in [-0.2, -0.15) is 20.8 Å². The molecule has 17 heteroatoms. The predicted molar refractivity (Wildman–Crippen MR) is 165 cm³/mol. The topological polar surface area (TPSA) is 132 Å². The lowest BCUT2D eigenvalue weighted by molar-refractivity contribution is -0.124. The van der Waals surface area contributed by atoms with Gasteiger partial charge in [-0.1, -0.05) is 54.7 Å². The van der Waals surface area contributed by atoms with Gasteiger partial charge in [-0.15, -0.1) is 11.3 Å². The molecule has 0 aliphatic heterocycles. The fraction of sp³-hybridized carbons (Fsp3) is 0.400. The summed E-state index contributed by atoms with van der Waals surface area (Å²) in [5.74, 6) is -0.946. The van der Waals surface area contributed by atoms with Gasteiger partial charge in [0.1, 0.15) is 16.9 Å². The Morgan fingerprint density at radius 3 is 2.19 bits per heavy atom. The molecule has 3 N–H and O–H groups in total. The number of anilines is 1. The number of nitrogens with one attached hydrogen (secondary N) is 2. The Hall–Kier alpha value is -2.43. The first kappa shape index (κ1) is 35.8. The van der Waals surface area contributed by atoms with Crippen LogP contribution < -0.4 is 14.3 Å². The van der Waals surface area contributed by atoms with E-state index in [9.17, 15) is 26.8 Å². The number of nitrogens with zero attached hydrogens (tertiary/aromatic N) is 3. The minimum atomic E-state index is -3.92. The average Bonchev–Trinajstić information content (AvgIpc) is 3.29. The summed E-state index contributed by atoms with van der Waals surface area (Å²) in [4.78, 5) is 27.4. The Morgan fingerprint density at radius 1 is 1.10 bits per heavy atom. The third kappa shape index (κ3) is 10.4. The number of benzene rings is 2. The second-order valence-corrected chi connectivity index (χ2v) is 15.5. The standard InChI is InChI=1S/C15H18FN3O3S.C10H13Cl2FN2O2S2/c1-7(2)12(19-15(21)22)13(20)17-8(3)14-18-10-5-4-9(16)6-11(10)23-14;1-8-4-6-9(7-5-8)15(18-10(11,12)13)19(16,17)14(2)3/h4-8,12,19H,1-3H3,(H,17,20)(H,21,22);4-7H,1-3H3/t8-,12+;/m1./s1. The van der Waals surface area contributed by atoms with Crippen molar-refractivity contribution in [3.63, 3.8) is 0 Å². The average molecular weight is 687 g/mol. The van der Waals surface area contributed by atoms with Gasteiger partial charge in [-0.05, 0) is 50.1 Å². The first-order chi connectivity index (χ1) is 19.3. The molecule has 0 saturated heterocycles. The van der Waals surface area contributed by atoms with Crippen molar-refractivity contribution in [1.82, 2.24) is 19.9 Å². The van der Waals surface area contributed by atoms with Crippen LogP contribution in [0.4, 0.5) is 19.3 Å². The largest absolute Gasteiger partial charge is 0.465 e. The van der Waals surface area contributed by atoms with Crippen LogP contribution in [0.1, 0.15) is 37.4 Å². The van der Waals surface area contributed by atoms with Crippen molar-refractivity contribution in [2.75, 3.05) is 17.8 Å². The fourth-order valence-corrected chi connectivity index (χ4v) is 7.12. The molecular formula is C25H31Cl2F2N5O5S3. The highest BCUT2D eigenvalue weighted by Gasteiger charge is 2.36. The van der Waals surface area contributed by atoms with Gasteiger partial charge in [0.25, 0.3) is 0 Å². The summed E-state index contributed by atoms with van der Waals surface area (Å²) >= 11 is 12.0. The molecule has 3 aromatic rings. The highest BCUT2D eigenvalue weighted by molar-refractivity contribution is 8.15. The van der Waals surface area contributed by atoms with Crippen molar-refractivity contribution in [3.8, 4) is 0 Å². The summed E-state index contributed by atoms with van der Waals surface area (Å²) in [5, 5.41) is 14.4. The van der Waals surface area contributed by atoms with Crippen LogP contribution in [0.3, 0.4) is 0 Å². The Labute approximate surface area is 261 Å². The molecule has 0 aliphatic rings. The minimum absolute atomic E-state index is 0.164. The highest BCUT2D eigenvalue weighted by atomic mass is 35.5. The van der Waals surface area contributed by atoms with Crippen molar-refractivity contribution in [1.29, 1.82) is 0 Å². The first-order valence-electron chi connectivity index (χ1n) is 12.2. The fourth-order valence-electron chi connectivity index (χ4n) is 3.28. The van der Waals surface area contributed by atoms with Crippen LogP contribution in [0.25, 0.3) is 10.2 Å². The van der Waals surface area contributed by atoms with Gasteiger partial charge in [0.15, 0.2) is 0 Å². The van der Waals surface area contributed by atoms with Crippen LogP contribution >= 0.6 is 46.5 Å². The summed E-state index contributed by atoms with van der Waals surface area (Å²) in [6.45, 7) is 7.12. The second-order valence-electron chi connectivity index (χ2n) is 9.46. The van der Waals surface area contributed by atoms with E-state index in [4.69, 9.17) is 28.3 Å². The van der Waals surface area contributed by atoms with Crippen LogP contribution in [0.15, 0.2) is 42.5 Å². The summed E-state index contributed by atoms with van der Waals surface area (Å²) < 4.78 is 50.5. The van der Waals surface area contributed by atoms with Crippen LogP contribution in [-0.2, 0) is 15.0 Å². The number of amides is 2. The van der Waals surface area contributed by atoms with E-state index in [0.717, 1.165) is 13.6 Å². The zero-order chi connectivity index (χ0) is 32.0. The molecule has 0 aliphatic carbocycles. The lowest BCUT2D eigenvalue weighted by Crippen LogP contribution is -2.49. The summed E-state index contributed by atoms with van der Waals surface area (Å²) in [7, 11) is -1.25. The summed E-state index contributed by atoms with van der Waals surface area (Å²) in [6, 6.07) is 9.57. The molecule has 10 nitrogen and oxygen atoms in total. The number of hydrogen-bond acceptors (Lipinski definition) is 7. The molecule has 2 amide bonds. The zero-order valence-corrected chi connectivity index (χ0v) is 27.4. The van der Waals surface area contributed by atoms with Gasteiger partial charge in [-0.3, -0.25) is 4.79 Å². The van der Waals surface area contributed by atoms with Gasteiger partial charge >= 0.3 is 20.2 Å². The molecule has 0 bridgehead atoms. The minimum Gasteiger partial charge on any atom is -0.465 e. The Kier molecular flexibility index (Phi) is 12.6. The van der Waals surface area contributed by atoms with Crippen molar-refractivity contribution in [2.24, 2.45) is 5.92 Å². The van der Waals surface area contributed by atoms with E-state index in [1.807, 2.05) is 6.92 Å². The number of alkyl halides is 3. The van der Waals surface area contributed by atoms with Crippen LogP contribution in [0.2, 0.25) is 0 Å². The quantitative estimate of drug-likeness (QED) is 0.171. The van der Waals surface area contributed by atoms with Crippen molar-refractivity contribution in [3.05, 3.63) is 58.9 Å². The highest BCUT2D eigenvalue weighted by Crippen LogP contribution is 2.42. The molecule has 0 radical (unpaired) electrons. The number of aromatic nitrogens is 1. The zero-order valence-electron chi connectivity index (χ0n) is 23.4. The maximum absolute atomic E-state index is 13.4. The number of aryl methyl sites for hydroxylation is 1. The molecule has 0 spiro atoms. The van der Waals surface area contributed by atoms with Gasteiger partial charge in [0.05, 0.1) is 21.9 Å². The molecule has 1 heterocycles. The van der Waals surface area contributed by atoms with Crippen molar-refractivity contribution in [2.45, 2.75) is 43.7 Å². The maximum Gasteiger partial charge on any atom is 0.405 e. The molecule has 0 fully saturated rings. The van der Waals surface area contributed by atoms with E-state index in [0.29, 0.717) is 15.2 Å². The molecule has 42 heavy (non-hydrogen) atoms. The number of carbonyl (C=O) groups is 2. The summed E-state index contributed by atoms with van der Waals surface area (Å²) in [5.41, 5.74) is 1.86. The van der Waals surface area contributed by atoms with Crippen molar-refractivity contribution >= 4 is 84.6 Å². The molecule has 3 rings (SSSR count). The Morgan fingerprint density at radius 2 is 1.69 bits per heavy atom.